The number of benzene rings is 2. The Morgan fingerprint density at radius 2 is 1.17 bits per heavy atom. The Bertz CT molecular complexity index is 976. The van der Waals surface area contributed by atoms with Crippen molar-refractivity contribution >= 4 is 34.7 Å². The van der Waals surface area contributed by atoms with E-state index >= 15 is 0 Å². The van der Waals surface area contributed by atoms with Crippen molar-refractivity contribution in [1.82, 2.24) is 0 Å². The second kappa shape index (κ2) is 15.2. The molecule has 9 heteroatoms. The van der Waals surface area contributed by atoms with Gasteiger partial charge in [0.15, 0.2) is 11.5 Å². The van der Waals surface area contributed by atoms with Crippen molar-refractivity contribution in [2.24, 2.45) is 0 Å². The molecule has 2 rings (SSSR count). The maximum absolute atomic E-state index is 12.4. The number of unbranched alkanes of at least 4 members (excludes halogenated alkanes) is 6. The van der Waals surface area contributed by atoms with Gasteiger partial charge in [-0.3, -0.25) is 0 Å². The molecule has 0 atom stereocenters. The van der Waals surface area contributed by atoms with Crippen molar-refractivity contribution < 1.29 is 38.0 Å². The van der Waals surface area contributed by atoms with Gasteiger partial charge in [0.05, 0.1) is 27.4 Å². The lowest BCUT2D eigenvalue weighted by Crippen LogP contribution is -2.15. The molecule has 8 nitrogen and oxygen atoms in total. The van der Waals surface area contributed by atoms with Crippen LogP contribution >= 0.6 is 11.6 Å². The van der Waals surface area contributed by atoms with E-state index in [9.17, 15) is 9.59 Å². The molecule has 0 aliphatic carbocycles. The molecule has 0 N–H and O–H groups in total. The van der Waals surface area contributed by atoms with Gasteiger partial charge in [-0.1, -0.05) is 64.0 Å². The van der Waals surface area contributed by atoms with Crippen molar-refractivity contribution in [3.8, 4) is 23.0 Å². The van der Waals surface area contributed by atoms with E-state index in [4.69, 9.17) is 40.0 Å². The molecule has 0 unspecified atom stereocenters. The van der Waals surface area contributed by atoms with Crippen LogP contribution in [0.4, 0.5) is 9.59 Å². The number of hydrogen-bond donors (Lipinski definition) is 0. The van der Waals surface area contributed by atoms with E-state index in [-0.39, 0.29) is 36.2 Å². The predicted molar refractivity (Wildman–Crippen MR) is 134 cm³/mol. The first-order valence-electron chi connectivity index (χ1n) is 12.0. The van der Waals surface area contributed by atoms with Crippen LogP contribution < -0.4 is 18.9 Å². The van der Waals surface area contributed by atoms with Gasteiger partial charge in [0.1, 0.15) is 0 Å². The van der Waals surface area contributed by atoms with Crippen LogP contribution in [0.5, 0.6) is 23.0 Å². The van der Waals surface area contributed by atoms with E-state index in [0.717, 1.165) is 51.4 Å². The van der Waals surface area contributed by atoms with E-state index in [1.54, 1.807) is 18.2 Å². The van der Waals surface area contributed by atoms with Crippen molar-refractivity contribution in [2.45, 2.75) is 65.2 Å². The summed E-state index contributed by atoms with van der Waals surface area (Å²) in [5.41, 5.74) is 0. The molecule has 2 aromatic carbocycles. The van der Waals surface area contributed by atoms with Gasteiger partial charge in [-0.2, -0.15) is 0 Å². The molecular weight excluding hydrogens is 476 g/mol. The lowest BCUT2D eigenvalue weighted by Gasteiger charge is -2.19. The van der Waals surface area contributed by atoms with Crippen LogP contribution in [0.1, 0.15) is 65.2 Å². The fourth-order valence-electron chi connectivity index (χ4n) is 3.52. The molecule has 0 radical (unpaired) electrons. The highest BCUT2D eigenvalue weighted by Crippen LogP contribution is 2.51. The van der Waals surface area contributed by atoms with Crippen molar-refractivity contribution in [3.05, 3.63) is 23.2 Å². The molecular formula is C26H35ClO8. The Labute approximate surface area is 211 Å². The second-order valence-electron chi connectivity index (χ2n) is 7.94. The second-order valence-corrected chi connectivity index (χ2v) is 8.37. The van der Waals surface area contributed by atoms with Crippen LogP contribution in [-0.2, 0) is 9.47 Å². The summed E-state index contributed by atoms with van der Waals surface area (Å²) in [7, 11) is 2.77. The topological polar surface area (TPSA) is 89.5 Å². The molecule has 35 heavy (non-hydrogen) atoms. The van der Waals surface area contributed by atoms with Gasteiger partial charge >= 0.3 is 12.3 Å². The monoisotopic (exact) mass is 510 g/mol. The minimum atomic E-state index is -0.886. The van der Waals surface area contributed by atoms with Crippen molar-refractivity contribution in [1.29, 1.82) is 0 Å². The molecule has 0 saturated heterocycles. The number of carbonyl (C=O) groups excluding carboxylic acids is 2. The molecule has 0 aromatic heterocycles. The SMILES string of the molecule is CCCCCCOC(=O)Oc1c(OC)c(OC)c(OC(=O)OCCCCCC)c2cc(Cl)ccc12. The van der Waals surface area contributed by atoms with Crippen LogP contribution in [0.3, 0.4) is 0 Å². The molecule has 0 saturated carbocycles. The smallest absolute Gasteiger partial charge is 0.490 e. The van der Waals surface area contributed by atoms with Gasteiger partial charge in [0.2, 0.25) is 11.5 Å². The summed E-state index contributed by atoms with van der Waals surface area (Å²) >= 11 is 6.22. The van der Waals surface area contributed by atoms with E-state index in [0.29, 0.717) is 15.8 Å². The number of carbonyl (C=O) groups is 2. The van der Waals surface area contributed by atoms with Gasteiger partial charge in [0, 0.05) is 15.8 Å². The quantitative estimate of drug-likeness (QED) is 0.145. The molecule has 2 aromatic rings. The Morgan fingerprint density at radius 3 is 1.63 bits per heavy atom. The maximum Gasteiger partial charge on any atom is 0.513 e. The van der Waals surface area contributed by atoms with Crippen LogP contribution in [0, 0.1) is 0 Å². The number of methoxy groups -OCH3 is 2. The third-order valence-corrected chi connectivity index (χ3v) is 5.54. The van der Waals surface area contributed by atoms with Crippen LogP contribution in [-0.4, -0.2) is 39.7 Å². The number of rotatable bonds is 14. The summed E-state index contributed by atoms with van der Waals surface area (Å²) in [4.78, 5) is 24.8. The fraction of sp³-hybridized carbons (Fsp3) is 0.538. The molecule has 0 spiro atoms. The van der Waals surface area contributed by atoms with E-state index in [1.165, 1.54) is 14.2 Å². The average molecular weight is 511 g/mol. The summed E-state index contributed by atoms with van der Waals surface area (Å²) < 4.78 is 32.4. The number of halogens is 1. The summed E-state index contributed by atoms with van der Waals surface area (Å²) in [5.74, 6) is 0.225. The molecule has 0 amide bonds. The number of ether oxygens (including phenoxy) is 6. The maximum atomic E-state index is 12.4. The average Bonchev–Trinajstić information content (AvgIpc) is 2.84. The van der Waals surface area contributed by atoms with Crippen LogP contribution in [0.15, 0.2) is 18.2 Å². The Morgan fingerprint density at radius 1 is 0.686 bits per heavy atom. The predicted octanol–water partition coefficient (Wildman–Crippen LogP) is 7.70. The Balaban J connectivity index is 2.33. The van der Waals surface area contributed by atoms with E-state index in [1.807, 2.05) is 0 Å². The minimum absolute atomic E-state index is 0.0423. The van der Waals surface area contributed by atoms with Crippen LogP contribution in [0.2, 0.25) is 5.02 Å². The highest BCUT2D eigenvalue weighted by molar-refractivity contribution is 6.31. The lowest BCUT2D eigenvalue weighted by molar-refractivity contribution is 0.0939. The normalized spacial score (nSPS) is 10.7. The highest BCUT2D eigenvalue weighted by Gasteiger charge is 2.28. The standard InChI is InChI=1S/C26H35ClO8/c1-5-7-9-11-15-32-25(28)34-21-19-14-13-18(27)17-20(19)22(24(31-4)23(21)30-3)35-26(29)33-16-12-10-8-6-2/h13-14,17H,5-12,15-16H2,1-4H3. The molecule has 194 valence electrons. The Kier molecular flexibility index (Phi) is 12.3. The zero-order chi connectivity index (χ0) is 25.6. The molecule has 0 aliphatic heterocycles. The molecule has 0 fully saturated rings. The van der Waals surface area contributed by atoms with E-state index < -0.39 is 12.3 Å². The Hall–Kier alpha value is -2.87. The fourth-order valence-corrected chi connectivity index (χ4v) is 3.69. The third kappa shape index (κ3) is 8.38. The zero-order valence-electron chi connectivity index (χ0n) is 20.9. The lowest BCUT2D eigenvalue weighted by atomic mass is 10.1. The number of hydrogen-bond acceptors (Lipinski definition) is 8. The summed E-state index contributed by atoms with van der Waals surface area (Å²) in [6.45, 7) is 4.69. The van der Waals surface area contributed by atoms with E-state index in [2.05, 4.69) is 13.8 Å². The molecule has 0 aliphatic rings. The molecule has 0 bridgehead atoms. The van der Waals surface area contributed by atoms with Crippen molar-refractivity contribution in [3.63, 3.8) is 0 Å². The first-order valence-corrected chi connectivity index (χ1v) is 12.4. The van der Waals surface area contributed by atoms with Gasteiger partial charge < -0.3 is 28.4 Å². The first kappa shape index (κ1) is 28.4. The number of fused-ring (bicyclic) bond motifs is 1. The zero-order valence-corrected chi connectivity index (χ0v) is 21.7. The van der Waals surface area contributed by atoms with Crippen molar-refractivity contribution in [2.75, 3.05) is 27.4 Å². The summed E-state index contributed by atoms with van der Waals surface area (Å²) in [6.07, 6.45) is 5.93. The van der Waals surface area contributed by atoms with Gasteiger partial charge in [-0.25, -0.2) is 9.59 Å². The third-order valence-electron chi connectivity index (χ3n) is 5.30. The highest BCUT2D eigenvalue weighted by atomic mass is 35.5. The first-order chi connectivity index (χ1) is 17.0. The largest absolute Gasteiger partial charge is 0.513 e. The van der Waals surface area contributed by atoms with Crippen LogP contribution in [0.25, 0.3) is 10.8 Å². The van der Waals surface area contributed by atoms with Gasteiger partial charge in [-0.15, -0.1) is 0 Å². The minimum Gasteiger partial charge on any atom is -0.490 e. The summed E-state index contributed by atoms with van der Waals surface area (Å²) in [6, 6.07) is 4.83. The van der Waals surface area contributed by atoms with Gasteiger partial charge in [0.25, 0.3) is 0 Å². The molecule has 0 heterocycles. The van der Waals surface area contributed by atoms with Gasteiger partial charge in [-0.05, 0) is 31.0 Å². The summed E-state index contributed by atoms with van der Waals surface area (Å²) in [5, 5.41) is 1.18.